The van der Waals surface area contributed by atoms with E-state index in [9.17, 15) is 0 Å². The number of anilines is 3. The number of nitrogens with zero attached hydrogens (tertiary/aromatic N) is 1. The molecule has 2 bridgehead atoms. The van der Waals surface area contributed by atoms with Crippen molar-refractivity contribution in [3.8, 4) is 11.1 Å². The molecule has 4 aromatic carbocycles. The maximum Gasteiger partial charge on any atom is 0.0491 e. The second-order valence-electron chi connectivity index (χ2n) is 11.0. The van der Waals surface area contributed by atoms with Crippen LogP contribution in [-0.4, -0.2) is 0 Å². The molecule has 0 spiro atoms. The van der Waals surface area contributed by atoms with Crippen LogP contribution in [-0.2, 0) is 5.41 Å². The number of allylic oxidation sites excluding steroid dienone is 2. The Morgan fingerprint density at radius 1 is 0.703 bits per heavy atom. The molecule has 0 heterocycles. The number of fused-ring (bicyclic) bond motifs is 4. The summed E-state index contributed by atoms with van der Waals surface area (Å²) >= 11 is 7.27. The summed E-state index contributed by atoms with van der Waals surface area (Å²) in [6.07, 6.45) is 3.74. The smallest absolute Gasteiger partial charge is 0.0491 e. The van der Waals surface area contributed by atoms with E-state index in [0.29, 0.717) is 0 Å². The molecule has 2 aliphatic rings. The molecule has 1 saturated carbocycles. The minimum Gasteiger partial charge on any atom is -0.310 e. The lowest BCUT2D eigenvalue weighted by molar-refractivity contribution is 0.495. The van der Waals surface area contributed by atoms with Gasteiger partial charge in [-0.25, -0.2) is 0 Å². The number of hydrogen-bond acceptors (Lipinski definition) is 1. The standard InChI is InChI=1S/C34H31Br2N/c1-21-17-27(35)8-13-32(21)37(33-14-9-28(36)18-22(33)2)29-10-5-24(6-11-29)25-7-12-30-23(3)26-15-16-34(4,20-26)31(30)19-25/h5-14,17-19H,15-16,20H2,1-4H3. The van der Waals surface area contributed by atoms with Crippen molar-refractivity contribution in [1.82, 2.24) is 0 Å². The van der Waals surface area contributed by atoms with Crippen LogP contribution in [0.2, 0.25) is 0 Å². The Bertz CT molecular complexity index is 1510. The lowest BCUT2D eigenvalue weighted by Gasteiger charge is -2.31. The Labute approximate surface area is 237 Å². The van der Waals surface area contributed by atoms with Gasteiger partial charge in [0.25, 0.3) is 0 Å². The number of halogens is 2. The zero-order valence-corrected chi connectivity index (χ0v) is 25.0. The highest BCUT2D eigenvalue weighted by atomic mass is 79.9. The van der Waals surface area contributed by atoms with E-state index < -0.39 is 0 Å². The summed E-state index contributed by atoms with van der Waals surface area (Å²) < 4.78 is 2.19. The first-order valence-electron chi connectivity index (χ1n) is 13.0. The maximum atomic E-state index is 3.64. The minimum absolute atomic E-state index is 0.287. The van der Waals surface area contributed by atoms with E-state index in [1.165, 1.54) is 69.6 Å². The summed E-state index contributed by atoms with van der Waals surface area (Å²) in [6, 6.07) is 29.2. The van der Waals surface area contributed by atoms with Gasteiger partial charge in [-0.05, 0) is 139 Å². The Balaban J connectivity index is 1.42. The molecule has 6 rings (SSSR count). The second-order valence-corrected chi connectivity index (χ2v) is 12.8. The van der Waals surface area contributed by atoms with E-state index in [1.54, 1.807) is 5.57 Å². The highest BCUT2D eigenvalue weighted by molar-refractivity contribution is 9.10. The summed E-state index contributed by atoms with van der Waals surface area (Å²) in [5, 5.41) is 0. The van der Waals surface area contributed by atoms with Crippen LogP contribution in [0.15, 0.2) is 93.4 Å². The molecule has 0 aromatic heterocycles. The van der Waals surface area contributed by atoms with Crippen molar-refractivity contribution in [2.75, 3.05) is 4.90 Å². The summed E-state index contributed by atoms with van der Waals surface area (Å²) in [5.74, 6) is 0. The van der Waals surface area contributed by atoms with Crippen LogP contribution in [0.5, 0.6) is 0 Å². The maximum absolute atomic E-state index is 3.64. The largest absolute Gasteiger partial charge is 0.310 e. The molecule has 0 amide bonds. The molecule has 0 radical (unpaired) electrons. The van der Waals surface area contributed by atoms with Gasteiger partial charge in [0.05, 0.1) is 0 Å². The Hall–Kier alpha value is -2.62. The SMILES string of the molecule is CC1=C2CCC(C)(C2)c2cc(-c3ccc(N(c4ccc(Br)cc4C)c4ccc(Br)cc4C)cc3)ccc21. The van der Waals surface area contributed by atoms with Crippen molar-refractivity contribution in [1.29, 1.82) is 0 Å². The third-order valence-corrected chi connectivity index (χ3v) is 9.43. The molecule has 1 nitrogen and oxygen atoms in total. The molecule has 4 aromatic rings. The third-order valence-electron chi connectivity index (χ3n) is 8.44. The van der Waals surface area contributed by atoms with Gasteiger partial charge in [0.1, 0.15) is 0 Å². The molecule has 1 unspecified atom stereocenters. The lowest BCUT2D eigenvalue weighted by Crippen LogP contribution is -2.21. The molecular formula is C34H31Br2N. The van der Waals surface area contributed by atoms with Crippen molar-refractivity contribution in [3.05, 3.63) is 116 Å². The molecule has 0 N–H and O–H groups in total. The van der Waals surface area contributed by atoms with E-state index in [-0.39, 0.29) is 5.41 Å². The predicted octanol–water partition coefficient (Wildman–Crippen LogP) is 11.2. The minimum atomic E-state index is 0.287. The van der Waals surface area contributed by atoms with Gasteiger partial charge in [-0.2, -0.15) is 0 Å². The highest BCUT2D eigenvalue weighted by Crippen LogP contribution is 2.53. The van der Waals surface area contributed by atoms with Crippen LogP contribution in [0, 0.1) is 13.8 Å². The van der Waals surface area contributed by atoms with Crippen molar-refractivity contribution < 1.29 is 0 Å². The lowest BCUT2D eigenvalue weighted by atomic mass is 9.73. The van der Waals surface area contributed by atoms with Crippen LogP contribution in [0.4, 0.5) is 17.1 Å². The van der Waals surface area contributed by atoms with E-state index in [2.05, 4.69) is 143 Å². The summed E-state index contributed by atoms with van der Waals surface area (Å²) in [4.78, 5) is 2.37. The van der Waals surface area contributed by atoms with Gasteiger partial charge >= 0.3 is 0 Å². The molecule has 1 atom stereocenters. The molecule has 0 saturated heterocycles. The molecule has 0 aliphatic heterocycles. The Kier molecular flexibility index (Phi) is 6.20. The van der Waals surface area contributed by atoms with Crippen LogP contribution in [0.3, 0.4) is 0 Å². The average molecular weight is 613 g/mol. The normalized spacial score (nSPS) is 18.2. The number of rotatable bonds is 4. The zero-order chi connectivity index (χ0) is 25.9. The van der Waals surface area contributed by atoms with Crippen LogP contribution >= 0.6 is 31.9 Å². The van der Waals surface area contributed by atoms with Crippen molar-refractivity contribution >= 4 is 54.5 Å². The number of aryl methyl sites for hydroxylation is 2. The first-order chi connectivity index (χ1) is 17.7. The number of benzene rings is 4. The third kappa shape index (κ3) is 4.30. The molecular weight excluding hydrogens is 582 g/mol. The van der Waals surface area contributed by atoms with Gasteiger partial charge < -0.3 is 4.90 Å². The molecule has 37 heavy (non-hydrogen) atoms. The van der Waals surface area contributed by atoms with Crippen molar-refractivity contribution in [3.63, 3.8) is 0 Å². The van der Waals surface area contributed by atoms with Gasteiger partial charge in [0, 0.05) is 26.0 Å². The van der Waals surface area contributed by atoms with E-state index >= 15 is 0 Å². The fourth-order valence-corrected chi connectivity index (χ4v) is 7.27. The second kappa shape index (κ2) is 9.29. The monoisotopic (exact) mass is 611 g/mol. The van der Waals surface area contributed by atoms with Crippen LogP contribution in [0.25, 0.3) is 16.7 Å². The summed E-state index contributed by atoms with van der Waals surface area (Å²) in [7, 11) is 0. The Morgan fingerprint density at radius 3 is 1.89 bits per heavy atom. The van der Waals surface area contributed by atoms with Gasteiger partial charge in [0.15, 0.2) is 0 Å². The highest BCUT2D eigenvalue weighted by Gasteiger charge is 2.39. The van der Waals surface area contributed by atoms with Gasteiger partial charge in [-0.15, -0.1) is 0 Å². The van der Waals surface area contributed by atoms with Crippen molar-refractivity contribution in [2.24, 2.45) is 0 Å². The van der Waals surface area contributed by atoms with Crippen LogP contribution < -0.4 is 4.90 Å². The van der Waals surface area contributed by atoms with E-state index in [4.69, 9.17) is 0 Å². The Morgan fingerprint density at radius 2 is 1.30 bits per heavy atom. The molecule has 3 heteroatoms. The summed E-state index contributed by atoms with van der Waals surface area (Å²) in [5.41, 5.74) is 15.0. The average Bonchev–Trinajstić information content (AvgIpc) is 3.25. The molecule has 2 aliphatic carbocycles. The fraction of sp³-hybridized carbons (Fsp3) is 0.235. The summed E-state index contributed by atoms with van der Waals surface area (Å²) in [6.45, 7) is 9.12. The van der Waals surface area contributed by atoms with E-state index in [1.807, 2.05) is 0 Å². The fourth-order valence-electron chi connectivity index (χ4n) is 6.32. The van der Waals surface area contributed by atoms with Crippen molar-refractivity contribution in [2.45, 2.75) is 52.4 Å². The van der Waals surface area contributed by atoms with Gasteiger partial charge in [-0.1, -0.05) is 68.6 Å². The zero-order valence-electron chi connectivity index (χ0n) is 21.8. The topological polar surface area (TPSA) is 3.24 Å². The molecule has 1 fully saturated rings. The van der Waals surface area contributed by atoms with Gasteiger partial charge in [-0.3, -0.25) is 0 Å². The quantitative estimate of drug-likeness (QED) is 0.221. The van der Waals surface area contributed by atoms with E-state index in [0.717, 1.165) is 14.6 Å². The first-order valence-corrected chi connectivity index (χ1v) is 14.6. The van der Waals surface area contributed by atoms with Gasteiger partial charge in [0.2, 0.25) is 0 Å². The first kappa shape index (κ1) is 24.7. The molecule has 186 valence electrons. The van der Waals surface area contributed by atoms with Crippen LogP contribution in [0.1, 0.15) is 55.4 Å². The number of hydrogen-bond donors (Lipinski definition) is 0. The predicted molar refractivity (Wildman–Crippen MR) is 165 cm³/mol.